The minimum Gasteiger partial charge on any atom is -0.400 e. The van der Waals surface area contributed by atoms with Crippen molar-refractivity contribution in [2.75, 3.05) is 0 Å². The fourth-order valence-corrected chi connectivity index (χ4v) is 3.07. The van der Waals surface area contributed by atoms with Gasteiger partial charge in [-0.1, -0.05) is 12.1 Å². The number of rotatable bonds is 5. The molecule has 2 aromatic heterocycles. The Morgan fingerprint density at radius 2 is 2.00 bits per heavy atom. The van der Waals surface area contributed by atoms with Gasteiger partial charge >= 0.3 is 5.88 Å². The van der Waals surface area contributed by atoms with Crippen LogP contribution < -0.4 is 0 Å². The quantitative estimate of drug-likeness (QED) is 0.269. The summed E-state index contributed by atoms with van der Waals surface area (Å²) >= 11 is 0. The maximum atomic E-state index is 13.6. The van der Waals surface area contributed by atoms with Crippen molar-refractivity contribution in [3.8, 4) is 0 Å². The van der Waals surface area contributed by atoms with Crippen molar-refractivity contribution in [3.05, 3.63) is 86.9 Å². The van der Waals surface area contributed by atoms with Crippen LogP contribution in [0.25, 0.3) is 11.0 Å². The molecule has 2 heterocycles. The average molecular weight is 392 g/mol. The Balaban J connectivity index is 1.78. The van der Waals surface area contributed by atoms with Crippen LogP contribution in [-0.2, 0) is 6.54 Å². The summed E-state index contributed by atoms with van der Waals surface area (Å²) in [6, 6.07) is 13.1. The van der Waals surface area contributed by atoms with Crippen LogP contribution in [0.5, 0.6) is 0 Å². The Morgan fingerprint density at radius 3 is 2.72 bits per heavy atom. The van der Waals surface area contributed by atoms with Gasteiger partial charge in [0.15, 0.2) is 5.76 Å². The van der Waals surface area contributed by atoms with Gasteiger partial charge in [0.05, 0.1) is 29.9 Å². The number of nitro groups is 1. The molecule has 0 fully saturated rings. The number of imidazole rings is 1. The predicted molar refractivity (Wildman–Crippen MR) is 107 cm³/mol. The van der Waals surface area contributed by atoms with Gasteiger partial charge in [-0.2, -0.15) is 0 Å². The lowest BCUT2D eigenvalue weighted by molar-refractivity contribution is -0.402. The second-order valence-electron chi connectivity index (χ2n) is 6.74. The van der Waals surface area contributed by atoms with E-state index in [1.54, 1.807) is 6.07 Å². The molecule has 0 atom stereocenters. The maximum Gasteiger partial charge on any atom is 0.433 e. The third-order valence-electron chi connectivity index (χ3n) is 4.67. The third kappa shape index (κ3) is 3.77. The number of nitrogens with zero attached hydrogens (tertiary/aromatic N) is 4. The zero-order chi connectivity index (χ0) is 20.5. The number of hydrogen-bond acceptors (Lipinski definition) is 5. The molecule has 0 aliphatic carbocycles. The van der Waals surface area contributed by atoms with Crippen LogP contribution in [0.2, 0.25) is 0 Å². The number of halogens is 1. The van der Waals surface area contributed by atoms with Gasteiger partial charge < -0.3 is 8.98 Å². The minimum atomic E-state index is -0.609. The Morgan fingerprint density at radius 1 is 1.21 bits per heavy atom. The molecule has 0 radical (unpaired) electrons. The van der Waals surface area contributed by atoms with Gasteiger partial charge in [0, 0.05) is 0 Å². The van der Waals surface area contributed by atoms with E-state index in [-0.39, 0.29) is 17.5 Å². The number of fused-ring (bicyclic) bond motifs is 1. The van der Waals surface area contributed by atoms with Gasteiger partial charge in [0.1, 0.15) is 10.7 Å². The summed E-state index contributed by atoms with van der Waals surface area (Å²) in [6.07, 6.45) is 1.38. The lowest BCUT2D eigenvalue weighted by Gasteiger charge is -2.08. The van der Waals surface area contributed by atoms with E-state index in [0.29, 0.717) is 12.5 Å². The highest BCUT2D eigenvalue weighted by Crippen LogP contribution is 2.26. The van der Waals surface area contributed by atoms with Crippen LogP contribution in [0, 0.1) is 29.8 Å². The summed E-state index contributed by atoms with van der Waals surface area (Å²) in [5, 5.41) is 10.8. The van der Waals surface area contributed by atoms with E-state index in [1.165, 1.54) is 30.5 Å². The van der Waals surface area contributed by atoms with Crippen LogP contribution in [0.1, 0.15) is 22.5 Å². The number of hydrogen-bond donors (Lipinski definition) is 0. The van der Waals surface area contributed by atoms with Crippen molar-refractivity contribution >= 4 is 29.1 Å². The Labute approximate surface area is 165 Å². The fraction of sp³-hybridized carbons (Fsp3) is 0.143. The first-order valence-electron chi connectivity index (χ1n) is 8.91. The smallest absolute Gasteiger partial charge is 0.400 e. The second kappa shape index (κ2) is 7.31. The zero-order valence-electron chi connectivity index (χ0n) is 15.8. The van der Waals surface area contributed by atoms with Crippen LogP contribution >= 0.6 is 0 Å². The zero-order valence-corrected chi connectivity index (χ0v) is 15.8. The molecule has 29 heavy (non-hydrogen) atoms. The Hall–Kier alpha value is -3.81. The summed E-state index contributed by atoms with van der Waals surface area (Å²) in [5.41, 5.74) is 4.62. The lowest BCUT2D eigenvalue weighted by Crippen LogP contribution is -2.00. The molecule has 4 aromatic rings. The van der Waals surface area contributed by atoms with Crippen molar-refractivity contribution in [2.45, 2.75) is 20.4 Å². The molecule has 4 rings (SSSR count). The van der Waals surface area contributed by atoms with Gasteiger partial charge in [-0.05, 0) is 60.9 Å². The first kappa shape index (κ1) is 18.5. The number of furan rings is 1. The molecule has 0 N–H and O–H groups in total. The molecular formula is C21H17FN4O3. The largest absolute Gasteiger partial charge is 0.433 e. The van der Waals surface area contributed by atoms with Gasteiger partial charge in [-0.15, -0.1) is 0 Å². The molecule has 0 amide bonds. The normalized spacial score (nSPS) is 11.6. The molecule has 0 aliphatic rings. The molecule has 146 valence electrons. The molecule has 7 nitrogen and oxygen atoms in total. The molecule has 0 spiro atoms. The summed E-state index contributed by atoms with van der Waals surface area (Å²) in [6.45, 7) is 4.40. The average Bonchev–Trinajstić information content (AvgIpc) is 3.27. The highest BCUT2D eigenvalue weighted by Gasteiger charge is 2.14. The minimum absolute atomic E-state index is 0.244. The maximum absolute atomic E-state index is 13.6. The molecule has 0 bridgehead atoms. The molecule has 0 unspecified atom stereocenters. The van der Waals surface area contributed by atoms with E-state index < -0.39 is 4.92 Å². The van der Waals surface area contributed by atoms with E-state index >= 15 is 0 Å². The first-order chi connectivity index (χ1) is 13.9. The highest BCUT2D eigenvalue weighted by molar-refractivity contribution is 5.83. The van der Waals surface area contributed by atoms with Crippen LogP contribution in [0.15, 0.2) is 57.9 Å². The molecule has 8 heteroatoms. The van der Waals surface area contributed by atoms with E-state index in [0.717, 1.165) is 27.7 Å². The molecular weight excluding hydrogens is 375 g/mol. The van der Waals surface area contributed by atoms with E-state index in [4.69, 9.17) is 4.42 Å². The van der Waals surface area contributed by atoms with Crippen LogP contribution in [0.4, 0.5) is 16.2 Å². The SMILES string of the molecule is Cc1cc2nc(/N=C/c3ccc([N+](=O)[O-])o3)n(Cc3cccc(F)c3)c2cc1C. The molecule has 0 saturated carbocycles. The third-order valence-corrected chi connectivity index (χ3v) is 4.67. The van der Waals surface area contributed by atoms with Crippen LogP contribution in [0.3, 0.4) is 0 Å². The van der Waals surface area contributed by atoms with Crippen molar-refractivity contribution in [2.24, 2.45) is 4.99 Å². The molecule has 2 aromatic carbocycles. The van der Waals surface area contributed by atoms with E-state index in [9.17, 15) is 14.5 Å². The fourth-order valence-electron chi connectivity index (χ4n) is 3.07. The van der Waals surface area contributed by atoms with Crippen molar-refractivity contribution < 1.29 is 13.7 Å². The summed E-state index contributed by atoms with van der Waals surface area (Å²) < 4.78 is 20.6. The second-order valence-corrected chi connectivity index (χ2v) is 6.74. The van der Waals surface area contributed by atoms with Crippen molar-refractivity contribution in [1.29, 1.82) is 0 Å². The molecule has 0 aliphatic heterocycles. The Bertz CT molecular complexity index is 1260. The predicted octanol–water partition coefficient (Wildman–Crippen LogP) is 5.09. The summed E-state index contributed by atoms with van der Waals surface area (Å²) in [4.78, 5) is 19.1. The van der Waals surface area contributed by atoms with Gasteiger partial charge in [0.2, 0.25) is 5.95 Å². The number of benzene rings is 2. The van der Waals surface area contributed by atoms with Crippen LogP contribution in [-0.4, -0.2) is 20.7 Å². The lowest BCUT2D eigenvalue weighted by atomic mass is 10.1. The Kier molecular flexibility index (Phi) is 4.67. The number of aliphatic imine (C=N–C) groups is 1. The monoisotopic (exact) mass is 392 g/mol. The van der Waals surface area contributed by atoms with Crippen molar-refractivity contribution in [3.63, 3.8) is 0 Å². The summed E-state index contributed by atoms with van der Waals surface area (Å²) in [5.74, 6) is -0.0282. The van der Waals surface area contributed by atoms with E-state index in [1.807, 2.05) is 36.6 Å². The molecule has 0 saturated heterocycles. The number of aromatic nitrogens is 2. The first-order valence-corrected chi connectivity index (χ1v) is 8.91. The van der Waals surface area contributed by atoms with Gasteiger partial charge in [-0.25, -0.2) is 14.4 Å². The van der Waals surface area contributed by atoms with Gasteiger partial charge in [0.25, 0.3) is 0 Å². The topological polar surface area (TPSA) is 86.5 Å². The van der Waals surface area contributed by atoms with Crippen molar-refractivity contribution in [1.82, 2.24) is 9.55 Å². The van der Waals surface area contributed by atoms with Gasteiger partial charge in [-0.3, -0.25) is 10.1 Å². The summed E-state index contributed by atoms with van der Waals surface area (Å²) in [7, 11) is 0. The standard InChI is InChI=1S/C21H17FN4O3/c1-13-8-18-19(9-14(13)2)25(12-15-4-3-5-16(22)10-15)21(24-18)23-11-17-6-7-20(29-17)26(27)28/h3-11H,12H2,1-2H3/b23-11+. The highest BCUT2D eigenvalue weighted by atomic mass is 19.1. The number of aryl methyl sites for hydroxylation is 2. The van der Waals surface area contributed by atoms with E-state index in [2.05, 4.69) is 9.98 Å².